The summed E-state index contributed by atoms with van der Waals surface area (Å²) in [5.74, 6) is 0.210. The van der Waals surface area contributed by atoms with Crippen LogP contribution in [0, 0.1) is 0 Å². The highest BCUT2D eigenvalue weighted by molar-refractivity contribution is 7.92. The standard InChI is InChI=1S/C12H14N4O3S/c1-16-11(6-7-13-16)14-12(17)9-4-3-5-10(8-9)15-20(2,18)19/h3-8,15H,1-2H3,(H,14,17). The van der Waals surface area contributed by atoms with Gasteiger partial charge in [-0.2, -0.15) is 5.10 Å². The van der Waals surface area contributed by atoms with Gasteiger partial charge in [0.2, 0.25) is 10.0 Å². The molecule has 0 aliphatic rings. The molecule has 0 fully saturated rings. The zero-order chi connectivity index (χ0) is 14.8. The maximum absolute atomic E-state index is 12.1. The summed E-state index contributed by atoms with van der Waals surface area (Å²) in [6.45, 7) is 0. The van der Waals surface area contributed by atoms with Gasteiger partial charge >= 0.3 is 0 Å². The first kappa shape index (κ1) is 14.1. The summed E-state index contributed by atoms with van der Waals surface area (Å²) in [4.78, 5) is 12.1. The van der Waals surface area contributed by atoms with E-state index in [0.29, 0.717) is 17.1 Å². The van der Waals surface area contributed by atoms with Crippen molar-refractivity contribution >= 4 is 27.4 Å². The summed E-state index contributed by atoms with van der Waals surface area (Å²) in [5.41, 5.74) is 0.685. The van der Waals surface area contributed by atoms with E-state index in [9.17, 15) is 13.2 Å². The zero-order valence-corrected chi connectivity index (χ0v) is 11.8. The fourth-order valence-corrected chi connectivity index (χ4v) is 2.18. The number of benzene rings is 1. The average molecular weight is 294 g/mol. The smallest absolute Gasteiger partial charge is 0.256 e. The van der Waals surface area contributed by atoms with Crippen molar-refractivity contribution in [2.45, 2.75) is 0 Å². The Morgan fingerprint density at radius 1 is 1.30 bits per heavy atom. The van der Waals surface area contributed by atoms with Crippen LogP contribution in [-0.4, -0.2) is 30.4 Å². The first-order chi connectivity index (χ1) is 9.35. The number of carbonyl (C=O) groups excluding carboxylic acids is 1. The molecule has 1 amide bonds. The Labute approximate surface area is 116 Å². The third-order valence-electron chi connectivity index (χ3n) is 2.49. The second kappa shape index (κ2) is 5.33. The maximum Gasteiger partial charge on any atom is 0.256 e. The van der Waals surface area contributed by atoms with Gasteiger partial charge in [-0.05, 0) is 18.2 Å². The highest BCUT2D eigenvalue weighted by atomic mass is 32.2. The highest BCUT2D eigenvalue weighted by Gasteiger charge is 2.10. The summed E-state index contributed by atoms with van der Waals surface area (Å²) in [6.07, 6.45) is 2.62. The molecule has 0 unspecified atom stereocenters. The summed E-state index contributed by atoms with van der Waals surface area (Å²) < 4.78 is 26.2. The number of carbonyl (C=O) groups is 1. The molecule has 2 rings (SSSR count). The second-order valence-corrected chi connectivity index (χ2v) is 6.00. The van der Waals surface area contributed by atoms with Crippen molar-refractivity contribution in [3.8, 4) is 0 Å². The number of rotatable bonds is 4. The topological polar surface area (TPSA) is 93.1 Å². The fourth-order valence-electron chi connectivity index (χ4n) is 1.62. The Balaban J connectivity index is 2.18. The molecule has 2 N–H and O–H groups in total. The van der Waals surface area contributed by atoms with Crippen LogP contribution in [0.5, 0.6) is 0 Å². The van der Waals surface area contributed by atoms with Crippen LogP contribution in [0.2, 0.25) is 0 Å². The maximum atomic E-state index is 12.1. The fraction of sp³-hybridized carbons (Fsp3) is 0.167. The molecule has 20 heavy (non-hydrogen) atoms. The summed E-state index contributed by atoms with van der Waals surface area (Å²) in [7, 11) is -1.67. The summed E-state index contributed by atoms with van der Waals surface area (Å²) in [6, 6.07) is 7.90. The summed E-state index contributed by atoms with van der Waals surface area (Å²) >= 11 is 0. The number of nitrogens with zero attached hydrogens (tertiary/aromatic N) is 2. The van der Waals surface area contributed by atoms with E-state index in [1.807, 2.05) is 0 Å². The molecule has 0 saturated carbocycles. The van der Waals surface area contributed by atoms with E-state index in [1.165, 1.54) is 10.7 Å². The van der Waals surface area contributed by atoms with E-state index < -0.39 is 10.0 Å². The second-order valence-electron chi connectivity index (χ2n) is 4.25. The van der Waals surface area contributed by atoms with E-state index in [0.717, 1.165) is 6.26 Å². The third-order valence-corrected chi connectivity index (χ3v) is 3.10. The van der Waals surface area contributed by atoms with Gasteiger partial charge in [0.1, 0.15) is 5.82 Å². The average Bonchev–Trinajstić information content (AvgIpc) is 2.73. The minimum Gasteiger partial charge on any atom is -0.307 e. The van der Waals surface area contributed by atoms with Crippen LogP contribution in [-0.2, 0) is 17.1 Å². The lowest BCUT2D eigenvalue weighted by Crippen LogP contribution is -2.15. The molecule has 0 aliphatic carbocycles. The Morgan fingerprint density at radius 3 is 2.65 bits per heavy atom. The van der Waals surface area contributed by atoms with E-state index in [-0.39, 0.29) is 5.91 Å². The number of aromatic nitrogens is 2. The number of hydrogen-bond acceptors (Lipinski definition) is 4. The molecule has 0 atom stereocenters. The molecule has 1 aromatic heterocycles. The predicted molar refractivity (Wildman–Crippen MR) is 76.1 cm³/mol. The number of sulfonamides is 1. The van der Waals surface area contributed by atoms with Crippen LogP contribution in [0.1, 0.15) is 10.4 Å². The molecule has 2 aromatic rings. The van der Waals surface area contributed by atoms with Gasteiger partial charge in [-0.15, -0.1) is 0 Å². The van der Waals surface area contributed by atoms with Gasteiger partial charge < -0.3 is 5.32 Å². The lowest BCUT2D eigenvalue weighted by atomic mass is 10.2. The van der Waals surface area contributed by atoms with Gasteiger partial charge in [-0.25, -0.2) is 8.42 Å². The number of amides is 1. The molecule has 106 valence electrons. The molecule has 0 spiro atoms. The van der Waals surface area contributed by atoms with Gasteiger partial charge in [0.05, 0.1) is 12.5 Å². The molecule has 0 bridgehead atoms. The highest BCUT2D eigenvalue weighted by Crippen LogP contribution is 2.14. The Morgan fingerprint density at radius 2 is 2.05 bits per heavy atom. The molecule has 1 aromatic carbocycles. The van der Waals surface area contributed by atoms with Crippen LogP contribution in [0.4, 0.5) is 11.5 Å². The van der Waals surface area contributed by atoms with Crippen LogP contribution >= 0.6 is 0 Å². The SMILES string of the molecule is Cn1nccc1NC(=O)c1cccc(NS(C)(=O)=O)c1. The summed E-state index contributed by atoms with van der Waals surface area (Å²) in [5, 5.41) is 6.62. The molecule has 1 heterocycles. The van der Waals surface area contributed by atoms with Crippen molar-refractivity contribution in [2.75, 3.05) is 16.3 Å². The van der Waals surface area contributed by atoms with E-state index in [1.54, 1.807) is 37.5 Å². The lowest BCUT2D eigenvalue weighted by molar-refractivity contribution is 0.102. The van der Waals surface area contributed by atoms with Crippen molar-refractivity contribution < 1.29 is 13.2 Å². The first-order valence-corrected chi connectivity index (χ1v) is 7.61. The predicted octanol–water partition coefficient (Wildman–Crippen LogP) is 1.04. The minimum atomic E-state index is -3.37. The third kappa shape index (κ3) is 3.58. The molecule has 0 radical (unpaired) electrons. The largest absolute Gasteiger partial charge is 0.307 e. The Kier molecular flexibility index (Phi) is 3.75. The normalized spacial score (nSPS) is 11.1. The van der Waals surface area contributed by atoms with E-state index in [4.69, 9.17) is 0 Å². The number of aryl methyl sites for hydroxylation is 1. The molecule has 0 aliphatic heterocycles. The van der Waals surface area contributed by atoms with Crippen LogP contribution in [0.3, 0.4) is 0 Å². The number of hydrogen-bond donors (Lipinski definition) is 2. The molecule has 7 nitrogen and oxygen atoms in total. The van der Waals surface area contributed by atoms with Gasteiger partial charge in [0.15, 0.2) is 0 Å². The van der Waals surface area contributed by atoms with E-state index >= 15 is 0 Å². The number of nitrogens with one attached hydrogen (secondary N) is 2. The van der Waals surface area contributed by atoms with Gasteiger partial charge in [0, 0.05) is 24.4 Å². The van der Waals surface area contributed by atoms with Crippen molar-refractivity contribution in [1.29, 1.82) is 0 Å². The zero-order valence-electron chi connectivity index (χ0n) is 11.0. The molecular weight excluding hydrogens is 280 g/mol. The van der Waals surface area contributed by atoms with Gasteiger partial charge in [-0.1, -0.05) is 6.07 Å². The van der Waals surface area contributed by atoms with Crippen molar-refractivity contribution in [2.24, 2.45) is 7.05 Å². The van der Waals surface area contributed by atoms with Crippen molar-refractivity contribution in [3.63, 3.8) is 0 Å². The van der Waals surface area contributed by atoms with Crippen LogP contribution in [0.15, 0.2) is 36.5 Å². The van der Waals surface area contributed by atoms with E-state index in [2.05, 4.69) is 15.1 Å². The molecular formula is C12H14N4O3S. The molecule has 0 saturated heterocycles. The quantitative estimate of drug-likeness (QED) is 0.881. The van der Waals surface area contributed by atoms with Crippen molar-refractivity contribution in [1.82, 2.24) is 9.78 Å². The van der Waals surface area contributed by atoms with Gasteiger partial charge in [-0.3, -0.25) is 14.2 Å². The van der Waals surface area contributed by atoms with Crippen molar-refractivity contribution in [3.05, 3.63) is 42.1 Å². The molecule has 8 heteroatoms. The minimum absolute atomic E-state index is 0.338. The van der Waals surface area contributed by atoms with Crippen LogP contribution in [0.25, 0.3) is 0 Å². The lowest BCUT2D eigenvalue weighted by Gasteiger charge is -2.08. The van der Waals surface area contributed by atoms with Gasteiger partial charge in [0.25, 0.3) is 5.91 Å². The number of anilines is 2. The van der Waals surface area contributed by atoms with Crippen LogP contribution < -0.4 is 10.0 Å². The first-order valence-electron chi connectivity index (χ1n) is 5.72. The Bertz CT molecular complexity index is 737. The Hall–Kier alpha value is -2.35. The monoisotopic (exact) mass is 294 g/mol.